The van der Waals surface area contributed by atoms with Gasteiger partial charge in [0.2, 0.25) is 0 Å². The molecule has 2 rings (SSSR count). The molecule has 5 heteroatoms. The number of nitrogens with one attached hydrogen (secondary N) is 1. The van der Waals surface area contributed by atoms with Crippen molar-refractivity contribution in [2.24, 2.45) is 5.73 Å². The number of nitrogens with two attached hydrogens (primary N) is 1. The Morgan fingerprint density at radius 2 is 1.88 bits per heavy atom. The van der Waals surface area contributed by atoms with Crippen LogP contribution in [-0.4, -0.2) is 11.5 Å². The van der Waals surface area contributed by atoms with Crippen LogP contribution in [0.1, 0.15) is 13.0 Å². The molecule has 1 aromatic carbocycles. The Balaban J connectivity index is 0.00000128. The SMILES string of the molecule is C.NCCc1c[nH]c2cc(F)c(F)c(F)c12. The lowest BCUT2D eigenvalue weighted by molar-refractivity contribution is 0.453. The van der Waals surface area contributed by atoms with E-state index in [1.165, 1.54) is 6.20 Å². The van der Waals surface area contributed by atoms with Crippen LogP contribution in [0.3, 0.4) is 0 Å². The largest absolute Gasteiger partial charge is 0.361 e. The quantitative estimate of drug-likeness (QED) is 0.765. The van der Waals surface area contributed by atoms with E-state index >= 15 is 0 Å². The lowest BCUT2D eigenvalue weighted by Crippen LogP contribution is -2.02. The summed E-state index contributed by atoms with van der Waals surface area (Å²) >= 11 is 0. The molecule has 0 unspecified atom stereocenters. The Bertz CT molecular complexity index is 505. The molecule has 0 aliphatic heterocycles. The number of rotatable bonds is 2. The number of H-pyrrole nitrogens is 1. The molecule has 0 bridgehead atoms. The van der Waals surface area contributed by atoms with Gasteiger partial charge in [-0.2, -0.15) is 0 Å². The van der Waals surface area contributed by atoms with E-state index in [2.05, 4.69) is 4.98 Å². The second kappa shape index (κ2) is 4.57. The first-order valence-corrected chi connectivity index (χ1v) is 4.48. The minimum absolute atomic E-state index is 0. The predicted octanol–water partition coefficient (Wildman–Crippen LogP) is 2.72. The van der Waals surface area contributed by atoms with Gasteiger partial charge in [-0.1, -0.05) is 7.43 Å². The molecule has 88 valence electrons. The molecule has 2 nitrogen and oxygen atoms in total. The maximum absolute atomic E-state index is 13.4. The Labute approximate surface area is 91.3 Å². The van der Waals surface area contributed by atoms with E-state index in [1.54, 1.807) is 0 Å². The summed E-state index contributed by atoms with van der Waals surface area (Å²) in [4.78, 5) is 2.68. The Hall–Kier alpha value is -1.49. The zero-order valence-electron chi connectivity index (χ0n) is 7.78. The van der Waals surface area contributed by atoms with Gasteiger partial charge >= 0.3 is 0 Å². The van der Waals surface area contributed by atoms with Crippen LogP contribution >= 0.6 is 0 Å². The smallest absolute Gasteiger partial charge is 0.195 e. The molecule has 0 amide bonds. The molecular formula is C11H13F3N2. The number of hydrogen-bond acceptors (Lipinski definition) is 1. The molecule has 0 atom stereocenters. The van der Waals surface area contributed by atoms with Crippen LogP contribution in [-0.2, 0) is 6.42 Å². The van der Waals surface area contributed by atoms with Gasteiger partial charge in [0.25, 0.3) is 0 Å². The molecule has 0 spiro atoms. The van der Waals surface area contributed by atoms with Crippen molar-refractivity contribution in [3.05, 3.63) is 35.3 Å². The minimum atomic E-state index is -1.44. The summed E-state index contributed by atoms with van der Waals surface area (Å²) in [5.74, 6) is -3.80. The van der Waals surface area contributed by atoms with Gasteiger partial charge in [-0.3, -0.25) is 0 Å². The third kappa shape index (κ3) is 1.78. The van der Waals surface area contributed by atoms with Gasteiger partial charge in [0, 0.05) is 17.6 Å². The highest BCUT2D eigenvalue weighted by Gasteiger charge is 2.16. The fraction of sp³-hybridized carbons (Fsp3) is 0.273. The fourth-order valence-corrected chi connectivity index (χ4v) is 1.61. The first-order valence-electron chi connectivity index (χ1n) is 4.48. The van der Waals surface area contributed by atoms with E-state index in [9.17, 15) is 13.2 Å². The van der Waals surface area contributed by atoms with Crippen LogP contribution in [0.2, 0.25) is 0 Å². The van der Waals surface area contributed by atoms with Gasteiger partial charge in [-0.25, -0.2) is 13.2 Å². The second-order valence-corrected chi connectivity index (χ2v) is 3.26. The second-order valence-electron chi connectivity index (χ2n) is 3.26. The lowest BCUT2D eigenvalue weighted by atomic mass is 10.1. The van der Waals surface area contributed by atoms with Crippen LogP contribution in [0.5, 0.6) is 0 Å². The molecule has 3 N–H and O–H groups in total. The van der Waals surface area contributed by atoms with Gasteiger partial charge in [0.05, 0.1) is 5.52 Å². The predicted molar refractivity (Wildman–Crippen MR) is 57.7 cm³/mol. The number of aromatic nitrogens is 1. The Morgan fingerprint density at radius 3 is 2.50 bits per heavy atom. The molecule has 0 fully saturated rings. The highest BCUT2D eigenvalue weighted by atomic mass is 19.2. The molecule has 1 aromatic heterocycles. The monoisotopic (exact) mass is 230 g/mol. The van der Waals surface area contributed by atoms with Crippen molar-refractivity contribution in [1.82, 2.24) is 4.98 Å². The van der Waals surface area contributed by atoms with E-state index in [-0.39, 0.29) is 18.3 Å². The van der Waals surface area contributed by atoms with Gasteiger partial charge in [-0.05, 0) is 18.5 Å². The molecule has 0 aliphatic carbocycles. The summed E-state index contributed by atoms with van der Waals surface area (Å²) in [6.45, 7) is 0.325. The number of halogens is 3. The highest BCUT2D eigenvalue weighted by Crippen LogP contribution is 2.25. The molecule has 0 saturated carbocycles. The standard InChI is InChI=1S/C10H9F3N2.CH4/c11-6-3-7-8(10(13)9(6)12)5(1-2-14)4-15-7;/h3-4,15H,1-2,14H2;1H4. The van der Waals surface area contributed by atoms with E-state index in [4.69, 9.17) is 5.73 Å². The summed E-state index contributed by atoms with van der Waals surface area (Å²) in [5, 5.41) is 0.0827. The average molecular weight is 230 g/mol. The number of aromatic amines is 1. The topological polar surface area (TPSA) is 41.8 Å². The highest BCUT2D eigenvalue weighted by molar-refractivity contribution is 5.84. The molecule has 1 heterocycles. The normalized spacial score (nSPS) is 10.5. The van der Waals surface area contributed by atoms with Crippen molar-refractivity contribution in [2.75, 3.05) is 6.54 Å². The molecular weight excluding hydrogens is 217 g/mol. The van der Waals surface area contributed by atoms with Crippen molar-refractivity contribution in [3.8, 4) is 0 Å². The third-order valence-corrected chi connectivity index (χ3v) is 2.30. The molecule has 16 heavy (non-hydrogen) atoms. The maximum atomic E-state index is 13.4. The molecule has 0 radical (unpaired) electrons. The van der Waals surface area contributed by atoms with Crippen LogP contribution in [0.15, 0.2) is 12.3 Å². The van der Waals surface area contributed by atoms with Crippen LogP contribution in [0.4, 0.5) is 13.2 Å². The summed E-state index contributed by atoms with van der Waals surface area (Å²) in [7, 11) is 0. The summed E-state index contributed by atoms with van der Waals surface area (Å²) < 4.78 is 39.2. The first kappa shape index (κ1) is 12.6. The van der Waals surface area contributed by atoms with Gasteiger partial charge in [-0.15, -0.1) is 0 Å². The van der Waals surface area contributed by atoms with E-state index in [0.717, 1.165) is 6.07 Å². The summed E-state index contributed by atoms with van der Waals surface area (Å²) in [6, 6.07) is 0.938. The van der Waals surface area contributed by atoms with E-state index < -0.39 is 17.5 Å². The van der Waals surface area contributed by atoms with Gasteiger partial charge in [0.1, 0.15) is 0 Å². The number of fused-ring (bicyclic) bond motifs is 1. The fourth-order valence-electron chi connectivity index (χ4n) is 1.61. The van der Waals surface area contributed by atoms with Crippen LogP contribution in [0.25, 0.3) is 10.9 Å². The maximum Gasteiger partial charge on any atom is 0.195 e. The van der Waals surface area contributed by atoms with E-state index in [1.807, 2.05) is 0 Å². The van der Waals surface area contributed by atoms with Gasteiger partial charge < -0.3 is 10.7 Å². The Kier molecular flexibility index (Phi) is 3.59. The van der Waals surface area contributed by atoms with Crippen molar-refractivity contribution < 1.29 is 13.2 Å². The molecule has 0 aliphatic rings. The zero-order valence-corrected chi connectivity index (χ0v) is 7.78. The Morgan fingerprint density at radius 1 is 1.19 bits per heavy atom. The van der Waals surface area contributed by atoms with Crippen molar-refractivity contribution >= 4 is 10.9 Å². The molecule has 2 aromatic rings. The van der Waals surface area contributed by atoms with Crippen molar-refractivity contribution in [3.63, 3.8) is 0 Å². The van der Waals surface area contributed by atoms with Crippen LogP contribution in [0, 0.1) is 17.5 Å². The van der Waals surface area contributed by atoms with Gasteiger partial charge in [0.15, 0.2) is 17.5 Å². The van der Waals surface area contributed by atoms with Crippen LogP contribution < -0.4 is 5.73 Å². The number of benzene rings is 1. The minimum Gasteiger partial charge on any atom is -0.361 e. The van der Waals surface area contributed by atoms with Crippen molar-refractivity contribution in [2.45, 2.75) is 13.8 Å². The third-order valence-electron chi connectivity index (χ3n) is 2.30. The molecule has 0 saturated heterocycles. The summed E-state index contributed by atoms with van der Waals surface area (Å²) in [5.41, 5.74) is 6.13. The van der Waals surface area contributed by atoms with Crippen molar-refractivity contribution in [1.29, 1.82) is 0 Å². The zero-order chi connectivity index (χ0) is 11.0. The number of hydrogen-bond donors (Lipinski definition) is 2. The van der Waals surface area contributed by atoms with E-state index in [0.29, 0.717) is 18.5 Å². The lowest BCUT2D eigenvalue weighted by Gasteiger charge is -2.00. The average Bonchev–Trinajstić information content (AvgIpc) is 2.59. The first-order chi connectivity index (χ1) is 7.15. The summed E-state index contributed by atoms with van der Waals surface area (Å²) in [6.07, 6.45) is 1.93.